The molecular formula is C56H37N. The van der Waals surface area contributed by atoms with Crippen LogP contribution < -0.4 is 0 Å². The van der Waals surface area contributed by atoms with E-state index in [1.807, 2.05) is 0 Å². The van der Waals surface area contributed by atoms with Gasteiger partial charge in [-0.25, -0.2) is 0 Å². The second-order valence-corrected chi connectivity index (χ2v) is 14.9. The van der Waals surface area contributed by atoms with Gasteiger partial charge < -0.3 is 4.57 Å². The molecule has 0 aliphatic rings. The van der Waals surface area contributed by atoms with Crippen LogP contribution in [0.3, 0.4) is 0 Å². The fraction of sp³-hybridized carbons (Fsp3) is 0. The van der Waals surface area contributed by atoms with E-state index in [2.05, 4.69) is 229 Å². The monoisotopic (exact) mass is 723 g/mol. The van der Waals surface area contributed by atoms with Crippen molar-refractivity contribution in [2.75, 3.05) is 0 Å². The summed E-state index contributed by atoms with van der Waals surface area (Å²) >= 11 is 0. The summed E-state index contributed by atoms with van der Waals surface area (Å²) in [6.07, 6.45) is 4.41. The molecule has 11 aromatic rings. The molecule has 0 atom stereocenters. The smallest absolute Gasteiger partial charge is 0.0541 e. The predicted molar refractivity (Wildman–Crippen MR) is 245 cm³/mol. The molecule has 1 heterocycles. The summed E-state index contributed by atoms with van der Waals surface area (Å²) in [6, 6.07) is 77.4. The molecule has 0 unspecified atom stereocenters. The van der Waals surface area contributed by atoms with Crippen LogP contribution in [0.4, 0.5) is 0 Å². The Morgan fingerprint density at radius 2 is 0.667 bits per heavy atom. The summed E-state index contributed by atoms with van der Waals surface area (Å²) in [6.45, 7) is 0. The second-order valence-electron chi connectivity index (χ2n) is 14.9. The van der Waals surface area contributed by atoms with Crippen molar-refractivity contribution in [3.05, 3.63) is 223 Å². The largest absolute Gasteiger partial charge is 0.309 e. The molecule has 0 radical (unpaired) electrons. The zero-order valence-corrected chi connectivity index (χ0v) is 31.3. The van der Waals surface area contributed by atoms with Crippen molar-refractivity contribution in [2.24, 2.45) is 0 Å². The lowest BCUT2D eigenvalue weighted by Gasteiger charge is -2.18. The maximum absolute atomic E-state index is 2.38. The molecule has 1 heteroatoms. The van der Waals surface area contributed by atoms with Crippen LogP contribution in [0.1, 0.15) is 11.1 Å². The predicted octanol–water partition coefficient (Wildman–Crippen LogP) is 15.4. The standard InChI is InChI=1S/C56H37N/c1-2-12-44-37-45(32-31-40(44)11-1)41-27-23-38(24-28-41)21-22-39-25-29-42(30-26-39)55-49-15-3-5-17-51(49)56(52-18-6-4-16-50(52)55)43-33-35-46(36-34-43)57-53-19-9-7-13-47(53)48-14-8-10-20-54(48)57/h1-37H. The van der Waals surface area contributed by atoms with Gasteiger partial charge in [-0.15, -0.1) is 0 Å². The van der Waals surface area contributed by atoms with Gasteiger partial charge >= 0.3 is 0 Å². The molecule has 0 saturated carbocycles. The third-order valence-electron chi connectivity index (χ3n) is 11.6. The molecule has 11 rings (SSSR count). The van der Waals surface area contributed by atoms with E-state index in [-0.39, 0.29) is 0 Å². The summed E-state index contributed by atoms with van der Waals surface area (Å²) in [5.41, 5.74) is 13.4. The summed E-state index contributed by atoms with van der Waals surface area (Å²) in [5.74, 6) is 0. The van der Waals surface area contributed by atoms with Crippen LogP contribution in [0.25, 0.3) is 105 Å². The van der Waals surface area contributed by atoms with Crippen molar-refractivity contribution in [3.63, 3.8) is 0 Å². The number of hydrogen-bond donors (Lipinski definition) is 0. The van der Waals surface area contributed by atoms with Crippen LogP contribution in [0.5, 0.6) is 0 Å². The van der Waals surface area contributed by atoms with Crippen molar-refractivity contribution < 1.29 is 0 Å². The minimum absolute atomic E-state index is 1.16. The topological polar surface area (TPSA) is 4.93 Å². The maximum Gasteiger partial charge on any atom is 0.0541 e. The van der Waals surface area contributed by atoms with Gasteiger partial charge in [0.2, 0.25) is 0 Å². The lowest BCUT2D eigenvalue weighted by Crippen LogP contribution is -1.94. The maximum atomic E-state index is 2.38. The first kappa shape index (κ1) is 32.9. The van der Waals surface area contributed by atoms with Gasteiger partial charge in [-0.3, -0.25) is 0 Å². The molecule has 0 aliphatic carbocycles. The normalized spacial score (nSPS) is 11.8. The Bertz CT molecular complexity index is 3200. The summed E-state index contributed by atoms with van der Waals surface area (Å²) in [4.78, 5) is 0. The summed E-state index contributed by atoms with van der Waals surface area (Å²) in [7, 11) is 0. The van der Waals surface area contributed by atoms with Crippen LogP contribution in [0.2, 0.25) is 0 Å². The molecule has 0 fully saturated rings. The number of nitrogens with zero attached hydrogens (tertiary/aromatic N) is 1. The molecule has 1 nitrogen and oxygen atoms in total. The first-order valence-electron chi connectivity index (χ1n) is 19.7. The van der Waals surface area contributed by atoms with Crippen LogP contribution in [-0.4, -0.2) is 4.57 Å². The number of aromatic nitrogens is 1. The molecule has 10 aromatic carbocycles. The Morgan fingerprint density at radius 1 is 0.281 bits per heavy atom. The van der Waals surface area contributed by atoms with E-state index < -0.39 is 0 Å². The molecule has 0 bridgehead atoms. The number of hydrogen-bond acceptors (Lipinski definition) is 0. The van der Waals surface area contributed by atoms with E-state index in [1.54, 1.807) is 0 Å². The Kier molecular flexibility index (Phi) is 7.89. The fourth-order valence-corrected chi connectivity index (χ4v) is 8.84. The minimum Gasteiger partial charge on any atom is -0.309 e. The average molecular weight is 724 g/mol. The van der Waals surface area contributed by atoms with Crippen molar-refractivity contribution in [1.82, 2.24) is 4.57 Å². The highest BCUT2D eigenvalue weighted by Crippen LogP contribution is 2.44. The second kappa shape index (κ2) is 13.7. The van der Waals surface area contributed by atoms with Gasteiger partial charge in [0.25, 0.3) is 0 Å². The minimum atomic E-state index is 1.16. The van der Waals surface area contributed by atoms with E-state index in [0.29, 0.717) is 0 Å². The molecule has 0 aliphatic heterocycles. The van der Waals surface area contributed by atoms with Crippen molar-refractivity contribution in [3.8, 4) is 39.1 Å². The SMILES string of the molecule is C(=Cc1ccc(-c2c3ccccc3c(-c3ccc(-n4c5ccccc5c5ccccc54)cc3)c3ccccc23)cc1)c1ccc(-c2ccc3ccccc3c2)cc1. The molecule has 0 N–H and O–H groups in total. The Labute approximate surface area is 332 Å². The van der Waals surface area contributed by atoms with Crippen molar-refractivity contribution >= 4 is 66.3 Å². The van der Waals surface area contributed by atoms with Gasteiger partial charge in [0.1, 0.15) is 0 Å². The molecule has 57 heavy (non-hydrogen) atoms. The first-order chi connectivity index (χ1) is 28.3. The van der Waals surface area contributed by atoms with E-state index >= 15 is 0 Å². The van der Waals surface area contributed by atoms with E-state index in [0.717, 1.165) is 5.69 Å². The Balaban J connectivity index is 0.929. The van der Waals surface area contributed by atoms with Crippen LogP contribution in [0, 0.1) is 0 Å². The van der Waals surface area contributed by atoms with Gasteiger partial charge in [-0.1, -0.05) is 194 Å². The molecule has 266 valence electrons. The first-order valence-corrected chi connectivity index (χ1v) is 19.7. The third kappa shape index (κ3) is 5.72. The van der Waals surface area contributed by atoms with Crippen molar-refractivity contribution in [1.29, 1.82) is 0 Å². The van der Waals surface area contributed by atoms with E-state index in [1.165, 1.54) is 98.6 Å². The third-order valence-corrected chi connectivity index (χ3v) is 11.6. The molecule has 0 amide bonds. The number of rotatable bonds is 6. The quantitative estimate of drug-likeness (QED) is 0.119. The molecule has 0 spiro atoms. The highest BCUT2D eigenvalue weighted by Gasteiger charge is 2.17. The van der Waals surface area contributed by atoms with Gasteiger partial charge in [-0.2, -0.15) is 0 Å². The lowest BCUT2D eigenvalue weighted by molar-refractivity contribution is 1.18. The summed E-state index contributed by atoms with van der Waals surface area (Å²) < 4.78 is 2.38. The van der Waals surface area contributed by atoms with Crippen LogP contribution in [0.15, 0.2) is 212 Å². The molecule has 1 aromatic heterocycles. The number of fused-ring (bicyclic) bond motifs is 6. The zero-order valence-electron chi connectivity index (χ0n) is 31.3. The number of para-hydroxylation sites is 2. The van der Waals surface area contributed by atoms with Gasteiger partial charge in [0.15, 0.2) is 0 Å². The van der Waals surface area contributed by atoms with Gasteiger partial charge in [0.05, 0.1) is 11.0 Å². The van der Waals surface area contributed by atoms with Gasteiger partial charge in [0, 0.05) is 16.5 Å². The van der Waals surface area contributed by atoms with E-state index in [4.69, 9.17) is 0 Å². The average Bonchev–Trinajstić information content (AvgIpc) is 3.62. The Hall–Kier alpha value is -7.48. The van der Waals surface area contributed by atoms with Crippen LogP contribution >= 0.6 is 0 Å². The number of benzene rings is 10. The van der Waals surface area contributed by atoms with Crippen LogP contribution in [-0.2, 0) is 0 Å². The molecular weight excluding hydrogens is 687 g/mol. The van der Waals surface area contributed by atoms with E-state index in [9.17, 15) is 0 Å². The summed E-state index contributed by atoms with van der Waals surface area (Å²) in [5, 5.41) is 10.1. The fourth-order valence-electron chi connectivity index (χ4n) is 8.84. The highest BCUT2D eigenvalue weighted by molar-refractivity contribution is 6.21. The van der Waals surface area contributed by atoms with Crippen molar-refractivity contribution in [2.45, 2.75) is 0 Å². The lowest BCUT2D eigenvalue weighted by atomic mass is 9.86. The Morgan fingerprint density at radius 3 is 1.18 bits per heavy atom. The highest BCUT2D eigenvalue weighted by atomic mass is 15.0. The molecule has 0 saturated heterocycles. The zero-order chi connectivity index (χ0) is 37.7. The van der Waals surface area contributed by atoms with Gasteiger partial charge in [-0.05, 0) is 107 Å².